The molecule has 0 rings (SSSR count). The zero-order chi connectivity index (χ0) is 9.71. The maximum atomic E-state index is 9.22. The monoisotopic (exact) mass is 276 g/mol. The van der Waals surface area contributed by atoms with Gasteiger partial charge in [-0.3, -0.25) is 9.11 Å². The average Bonchev–Trinajstić information content (AvgIpc) is 1.59. The van der Waals surface area contributed by atoms with Gasteiger partial charge in [0.15, 0.2) is 0 Å². The summed E-state index contributed by atoms with van der Waals surface area (Å²) in [5.41, 5.74) is 0. The molecule has 0 bridgehead atoms. The summed E-state index contributed by atoms with van der Waals surface area (Å²) in [6, 6.07) is 0. The van der Waals surface area contributed by atoms with Crippen molar-refractivity contribution < 1.29 is 61.3 Å². The molecule has 12 heteroatoms. The molecule has 0 saturated carbocycles. The van der Waals surface area contributed by atoms with Crippen LogP contribution in [-0.2, 0) is 39.1 Å². The van der Waals surface area contributed by atoms with E-state index in [1.54, 1.807) is 0 Å². The zero-order valence-electron chi connectivity index (χ0n) is 5.43. The van der Waals surface area contributed by atoms with E-state index >= 15 is 0 Å². The Kier molecular flexibility index (Phi) is 10.7. The van der Waals surface area contributed by atoms with Gasteiger partial charge in [-0.25, -0.2) is 9.82 Å². The smallest absolute Gasteiger partial charge is 0.301 e. The fraction of sp³-hybridized carbons (Fsp3) is 0. The molecule has 0 heterocycles. The van der Waals surface area contributed by atoms with Gasteiger partial charge in [0, 0.05) is 19.5 Å². The average molecular weight is 277 g/mol. The van der Waals surface area contributed by atoms with Crippen LogP contribution in [-0.4, -0.2) is 32.6 Å². The summed E-state index contributed by atoms with van der Waals surface area (Å²) >= 11 is 0. The van der Waals surface area contributed by atoms with Crippen molar-refractivity contribution in [2.45, 2.75) is 0 Å². The van der Waals surface area contributed by atoms with Crippen LogP contribution < -0.4 is 0 Å². The van der Waals surface area contributed by atoms with Crippen molar-refractivity contribution in [3.8, 4) is 0 Å². The topological polar surface area (TPSA) is 162 Å². The van der Waals surface area contributed by atoms with E-state index in [1.807, 2.05) is 0 Å². The molecule has 12 heavy (non-hydrogen) atoms. The molecule has 0 saturated heterocycles. The fourth-order valence-corrected chi connectivity index (χ4v) is 0. The van der Waals surface area contributed by atoms with Crippen LogP contribution in [0, 0.1) is 0 Å². The number of phosphoric acid groups is 1. The first-order valence-electron chi connectivity index (χ1n) is 1.65. The molecule has 0 unspecified atom stereocenters. The summed E-state index contributed by atoms with van der Waals surface area (Å²) in [6.45, 7) is 0. The molecule has 72 valence electrons. The molecule has 0 aliphatic carbocycles. The third kappa shape index (κ3) is 76.1. The maximum Gasteiger partial charge on any atom is 0.496 e. The second-order valence-electron chi connectivity index (χ2n) is 1.02. The van der Waals surface area contributed by atoms with Crippen LogP contribution in [0.15, 0.2) is 0 Å². The summed E-state index contributed by atoms with van der Waals surface area (Å²) in [4.78, 5) is 14.9. The predicted octanol–water partition coefficient (Wildman–Crippen LogP) is -1.09. The van der Waals surface area contributed by atoms with Gasteiger partial charge in [-0.05, 0) is 0 Å². The van der Waals surface area contributed by atoms with E-state index < -0.39 is 18.2 Å². The molecule has 0 atom stereocenters. The van der Waals surface area contributed by atoms with Gasteiger partial charge in [0.1, 0.15) is 0 Å². The van der Waals surface area contributed by atoms with E-state index in [0.717, 1.165) is 0 Å². The van der Waals surface area contributed by atoms with E-state index in [9.17, 15) is 4.57 Å². The first-order valence-corrected chi connectivity index (χ1v) is 4.57. The summed E-state index contributed by atoms with van der Waals surface area (Å²) in [5, 5.41) is 7.14. The summed E-state index contributed by atoms with van der Waals surface area (Å²) in [7, 11) is -9.26. The van der Waals surface area contributed by atoms with Gasteiger partial charge in [0.25, 0.3) is 0 Å². The third-order valence-corrected chi connectivity index (χ3v) is 0.319. The molecular formula is H5O9PSZn. The maximum absolute atomic E-state index is 9.22. The normalized spacial score (nSPS) is 10.8. The van der Waals surface area contributed by atoms with E-state index in [1.165, 1.54) is 0 Å². The van der Waals surface area contributed by atoms with Crippen molar-refractivity contribution in [3.63, 3.8) is 0 Å². The molecular weight excluding hydrogens is 272 g/mol. The number of hydrogen-bond donors (Lipinski definition) is 5. The van der Waals surface area contributed by atoms with Crippen LogP contribution in [0.5, 0.6) is 0 Å². The van der Waals surface area contributed by atoms with Crippen molar-refractivity contribution in [3.05, 3.63) is 0 Å². The van der Waals surface area contributed by atoms with Crippen LogP contribution in [0.25, 0.3) is 0 Å². The molecule has 0 radical (unpaired) electrons. The SMILES string of the molecule is O=P(O)(O)OO.O=S(=O)(O)O.[Zn]. The van der Waals surface area contributed by atoms with Crippen LogP contribution in [0.4, 0.5) is 0 Å². The molecule has 0 aromatic rings. The predicted molar refractivity (Wildman–Crippen MR) is 29.9 cm³/mol. The Balaban J connectivity index is -0.000000126. The largest absolute Gasteiger partial charge is 0.496 e. The van der Waals surface area contributed by atoms with Gasteiger partial charge in [-0.15, -0.1) is 4.67 Å². The second kappa shape index (κ2) is 7.01. The summed E-state index contributed by atoms with van der Waals surface area (Å²) in [6.07, 6.45) is 0. The van der Waals surface area contributed by atoms with Gasteiger partial charge in [-0.2, -0.15) is 8.42 Å². The van der Waals surface area contributed by atoms with Crippen molar-refractivity contribution in [2.24, 2.45) is 0 Å². The fourth-order valence-electron chi connectivity index (χ4n) is 0. The van der Waals surface area contributed by atoms with Crippen molar-refractivity contribution >= 4 is 18.2 Å². The third-order valence-electron chi connectivity index (χ3n) is 0.106. The minimum absolute atomic E-state index is 0. The zero-order valence-corrected chi connectivity index (χ0v) is 10.1. The first kappa shape index (κ1) is 18.4. The molecule has 0 spiro atoms. The van der Waals surface area contributed by atoms with Crippen molar-refractivity contribution in [2.75, 3.05) is 0 Å². The second-order valence-corrected chi connectivity index (χ2v) is 3.06. The van der Waals surface area contributed by atoms with Crippen molar-refractivity contribution in [1.29, 1.82) is 0 Å². The van der Waals surface area contributed by atoms with Crippen molar-refractivity contribution in [1.82, 2.24) is 0 Å². The minimum Gasteiger partial charge on any atom is -0.301 e. The standard InChI is InChI=1S/H3O5P.H2O4S.Zn/c1-5-6(2,3)4;1-5(2,3)4;/h1H,(H2,2,3,4);(H2,1,2,3,4);. The molecule has 0 fully saturated rings. The van der Waals surface area contributed by atoms with Crippen LogP contribution in [0.3, 0.4) is 0 Å². The minimum atomic E-state index is -4.67. The van der Waals surface area contributed by atoms with Crippen LogP contribution >= 0.6 is 7.82 Å². The van der Waals surface area contributed by atoms with E-state index in [0.29, 0.717) is 0 Å². The summed E-state index contributed by atoms with van der Waals surface area (Å²) < 4.78 is 43.4. The molecule has 0 aliphatic rings. The van der Waals surface area contributed by atoms with E-state index in [-0.39, 0.29) is 19.5 Å². The Morgan fingerprint density at radius 1 is 1.17 bits per heavy atom. The Hall–Kier alpha value is 0.563. The number of hydrogen-bond acceptors (Lipinski definition) is 5. The van der Waals surface area contributed by atoms with E-state index in [2.05, 4.69) is 4.67 Å². The van der Waals surface area contributed by atoms with Crippen LogP contribution in [0.1, 0.15) is 0 Å². The Bertz CT molecular complexity index is 213. The Morgan fingerprint density at radius 2 is 1.25 bits per heavy atom. The Morgan fingerprint density at radius 3 is 1.25 bits per heavy atom. The molecule has 9 nitrogen and oxygen atoms in total. The van der Waals surface area contributed by atoms with Gasteiger partial charge in [0.05, 0.1) is 0 Å². The van der Waals surface area contributed by atoms with Gasteiger partial charge in [-0.1, -0.05) is 0 Å². The first-order chi connectivity index (χ1) is 4.56. The molecule has 0 amide bonds. The quantitative estimate of drug-likeness (QED) is 0.132. The van der Waals surface area contributed by atoms with Gasteiger partial charge < -0.3 is 9.79 Å². The van der Waals surface area contributed by atoms with Crippen LogP contribution in [0.2, 0.25) is 0 Å². The van der Waals surface area contributed by atoms with E-state index in [4.69, 9.17) is 32.6 Å². The molecule has 0 aromatic carbocycles. The van der Waals surface area contributed by atoms with Gasteiger partial charge in [0.2, 0.25) is 0 Å². The Labute approximate surface area is 79.9 Å². The summed E-state index contributed by atoms with van der Waals surface area (Å²) in [5.74, 6) is 0. The van der Waals surface area contributed by atoms with Gasteiger partial charge >= 0.3 is 18.2 Å². The molecule has 0 aromatic heterocycles. The molecule has 0 aliphatic heterocycles. The molecule has 5 N–H and O–H groups in total. The number of rotatable bonds is 1.